The van der Waals surface area contributed by atoms with Crippen molar-refractivity contribution in [1.29, 1.82) is 0 Å². The largest absolute Gasteiger partial charge is 0.493 e. The van der Waals surface area contributed by atoms with Crippen molar-refractivity contribution in [1.82, 2.24) is 0 Å². The fourth-order valence-corrected chi connectivity index (χ4v) is 2.98. The minimum absolute atomic E-state index is 0.173. The fraction of sp³-hybridized carbons (Fsp3) is 0.120. The highest BCUT2D eigenvalue weighted by atomic mass is 16.5. The zero-order valence-electron chi connectivity index (χ0n) is 17.6. The van der Waals surface area contributed by atoms with Crippen LogP contribution in [0.1, 0.15) is 21.5 Å². The van der Waals surface area contributed by atoms with E-state index in [4.69, 9.17) is 9.47 Å². The average Bonchev–Trinajstić information content (AvgIpc) is 2.79. The van der Waals surface area contributed by atoms with Crippen LogP contribution in [0.3, 0.4) is 0 Å². The molecule has 0 saturated heterocycles. The highest BCUT2D eigenvalue weighted by Crippen LogP contribution is 2.28. The highest BCUT2D eigenvalue weighted by molar-refractivity contribution is 6.05. The molecule has 0 fully saturated rings. The zero-order chi connectivity index (χ0) is 22.2. The Morgan fingerprint density at radius 1 is 0.806 bits per heavy atom. The van der Waals surface area contributed by atoms with Gasteiger partial charge in [0.1, 0.15) is 0 Å². The monoisotopic (exact) mass is 416 g/mol. The Morgan fingerprint density at radius 3 is 2.10 bits per heavy atom. The third kappa shape index (κ3) is 5.73. The maximum Gasteiger partial charge on any atom is 0.255 e. The van der Waals surface area contributed by atoms with Gasteiger partial charge in [-0.05, 0) is 66.6 Å². The number of amides is 2. The molecule has 0 atom stereocenters. The lowest BCUT2D eigenvalue weighted by Crippen LogP contribution is -2.13. The van der Waals surface area contributed by atoms with Crippen LogP contribution in [0.15, 0.2) is 72.8 Å². The number of hydrogen-bond acceptors (Lipinski definition) is 4. The van der Waals surface area contributed by atoms with Crippen molar-refractivity contribution in [2.45, 2.75) is 6.92 Å². The van der Waals surface area contributed by atoms with Crippen LogP contribution in [0.4, 0.5) is 11.4 Å². The highest BCUT2D eigenvalue weighted by Gasteiger charge is 2.08. The van der Waals surface area contributed by atoms with Crippen LogP contribution < -0.4 is 20.1 Å². The summed E-state index contributed by atoms with van der Waals surface area (Å²) in [7, 11) is 3.13. The molecule has 0 aliphatic rings. The Hall–Kier alpha value is -4.06. The first-order valence-corrected chi connectivity index (χ1v) is 9.68. The SMILES string of the molecule is COc1ccc(/C=C/C(=O)Nc2ccc(NC(=O)c3ccccc3C)cc2)cc1OC. The van der Waals surface area contributed by atoms with E-state index in [1.165, 1.54) is 6.08 Å². The van der Waals surface area contributed by atoms with Crippen LogP contribution in [-0.2, 0) is 4.79 Å². The summed E-state index contributed by atoms with van der Waals surface area (Å²) in [4.78, 5) is 24.6. The van der Waals surface area contributed by atoms with Crippen molar-refractivity contribution in [3.63, 3.8) is 0 Å². The maximum atomic E-state index is 12.4. The summed E-state index contributed by atoms with van der Waals surface area (Å²) in [5.41, 5.74) is 3.61. The van der Waals surface area contributed by atoms with E-state index >= 15 is 0 Å². The third-order valence-electron chi connectivity index (χ3n) is 4.63. The van der Waals surface area contributed by atoms with E-state index in [-0.39, 0.29) is 11.8 Å². The van der Waals surface area contributed by atoms with Crippen LogP contribution >= 0.6 is 0 Å². The summed E-state index contributed by atoms with van der Waals surface area (Å²) in [5.74, 6) is 0.770. The molecule has 0 aromatic heterocycles. The van der Waals surface area contributed by atoms with Crippen molar-refractivity contribution >= 4 is 29.3 Å². The summed E-state index contributed by atoms with van der Waals surface area (Å²) >= 11 is 0. The molecule has 0 saturated carbocycles. The molecule has 0 radical (unpaired) electrons. The lowest BCUT2D eigenvalue weighted by molar-refractivity contribution is -0.111. The minimum Gasteiger partial charge on any atom is -0.493 e. The topological polar surface area (TPSA) is 76.7 Å². The summed E-state index contributed by atoms with van der Waals surface area (Å²) in [6.07, 6.45) is 3.13. The zero-order valence-corrected chi connectivity index (χ0v) is 17.6. The number of anilines is 2. The van der Waals surface area contributed by atoms with Gasteiger partial charge in [0, 0.05) is 23.0 Å². The molecule has 0 heterocycles. The Balaban J connectivity index is 1.59. The molecule has 6 heteroatoms. The Bertz CT molecular complexity index is 1100. The van der Waals surface area contributed by atoms with Gasteiger partial charge in [0.2, 0.25) is 5.91 Å². The third-order valence-corrected chi connectivity index (χ3v) is 4.63. The molecule has 31 heavy (non-hydrogen) atoms. The molecule has 0 unspecified atom stereocenters. The average molecular weight is 416 g/mol. The van der Waals surface area contributed by atoms with Crippen LogP contribution in [0.25, 0.3) is 6.08 Å². The minimum atomic E-state index is -0.272. The van der Waals surface area contributed by atoms with Crippen molar-refractivity contribution in [2.75, 3.05) is 24.9 Å². The van der Waals surface area contributed by atoms with E-state index in [1.807, 2.05) is 31.2 Å². The van der Waals surface area contributed by atoms with Crippen LogP contribution in [0.2, 0.25) is 0 Å². The number of rotatable bonds is 7. The van der Waals surface area contributed by atoms with Gasteiger partial charge in [-0.25, -0.2) is 0 Å². The summed E-state index contributed by atoms with van der Waals surface area (Å²) in [5, 5.41) is 5.65. The summed E-state index contributed by atoms with van der Waals surface area (Å²) in [6.45, 7) is 1.89. The van der Waals surface area contributed by atoms with Gasteiger partial charge in [-0.3, -0.25) is 9.59 Å². The normalized spacial score (nSPS) is 10.5. The molecule has 0 bridgehead atoms. The molecule has 3 rings (SSSR count). The first-order valence-electron chi connectivity index (χ1n) is 9.68. The van der Waals surface area contributed by atoms with Crippen molar-refractivity contribution in [3.05, 3.63) is 89.5 Å². The molecule has 3 aromatic rings. The smallest absolute Gasteiger partial charge is 0.255 e. The second kappa shape index (κ2) is 10.1. The molecule has 2 amide bonds. The molecule has 158 valence electrons. The van der Waals surface area contributed by atoms with E-state index in [2.05, 4.69) is 10.6 Å². The van der Waals surface area contributed by atoms with Gasteiger partial charge in [0.15, 0.2) is 11.5 Å². The van der Waals surface area contributed by atoms with Crippen molar-refractivity contribution in [3.8, 4) is 11.5 Å². The van der Waals surface area contributed by atoms with Crippen molar-refractivity contribution in [2.24, 2.45) is 0 Å². The molecule has 0 aliphatic carbocycles. The number of methoxy groups -OCH3 is 2. The number of ether oxygens (including phenoxy) is 2. The van der Waals surface area contributed by atoms with Crippen LogP contribution in [-0.4, -0.2) is 26.0 Å². The predicted octanol–water partition coefficient (Wildman–Crippen LogP) is 4.92. The van der Waals surface area contributed by atoms with E-state index in [9.17, 15) is 9.59 Å². The lowest BCUT2D eigenvalue weighted by atomic mass is 10.1. The first-order chi connectivity index (χ1) is 15.0. The van der Waals surface area contributed by atoms with Crippen LogP contribution in [0, 0.1) is 6.92 Å². The van der Waals surface area contributed by atoms with E-state index < -0.39 is 0 Å². The van der Waals surface area contributed by atoms with Gasteiger partial charge in [-0.1, -0.05) is 24.3 Å². The molecular formula is C25H24N2O4. The van der Waals surface area contributed by atoms with Crippen LogP contribution in [0.5, 0.6) is 11.5 Å². The second-order valence-electron chi connectivity index (χ2n) is 6.78. The molecule has 3 aromatic carbocycles. The summed E-state index contributed by atoms with van der Waals surface area (Å²) in [6, 6.07) is 19.7. The van der Waals surface area contributed by atoms with E-state index in [1.54, 1.807) is 62.8 Å². The van der Waals surface area contributed by atoms with Gasteiger partial charge >= 0.3 is 0 Å². The lowest BCUT2D eigenvalue weighted by Gasteiger charge is -2.09. The van der Waals surface area contributed by atoms with Gasteiger partial charge in [0.05, 0.1) is 14.2 Å². The van der Waals surface area contributed by atoms with E-state index in [0.29, 0.717) is 28.4 Å². The Labute approximate surface area is 181 Å². The number of hydrogen-bond donors (Lipinski definition) is 2. The molecular weight excluding hydrogens is 392 g/mol. The van der Waals surface area contributed by atoms with Gasteiger partial charge in [0.25, 0.3) is 5.91 Å². The van der Waals surface area contributed by atoms with Gasteiger partial charge in [-0.15, -0.1) is 0 Å². The second-order valence-corrected chi connectivity index (χ2v) is 6.78. The van der Waals surface area contributed by atoms with Crippen molar-refractivity contribution < 1.29 is 19.1 Å². The number of carbonyl (C=O) groups excluding carboxylic acids is 2. The van der Waals surface area contributed by atoms with Gasteiger partial charge < -0.3 is 20.1 Å². The Morgan fingerprint density at radius 2 is 1.45 bits per heavy atom. The fourth-order valence-electron chi connectivity index (χ4n) is 2.98. The number of carbonyl (C=O) groups is 2. The standard InChI is InChI=1S/C25H24N2O4/c1-17-6-4-5-7-21(17)25(29)27-20-12-10-19(11-13-20)26-24(28)15-9-18-8-14-22(30-2)23(16-18)31-3/h4-16H,1-3H3,(H,26,28)(H,27,29)/b15-9+. The van der Waals surface area contributed by atoms with E-state index in [0.717, 1.165) is 11.1 Å². The molecule has 0 spiro atoms. The first kappa shape index (κ1) is 21.6. The number of aryl methyl sites for hydroxylation is 1. The summed E-state index contributed by atoms with van der Waals surface area (Å²) < 4.78 is 10.5. The molecule has 0 aliphatic heterocycles. The number of nitrogens with one attached hydrogen (secondary N) is 2. The predicted molar refractivity (Wildman–Crippen MR) is 123 cm³/mol. The Kier molecular flexibility index (Phi) is 7.06. The maximum absolute atomic E-state index is 12.4. The molecule has 6 nitrogen and oxygen atoms in total. The quantitative estimate of drug-likeness (QED) is 0.536. The van der Waals surface area contributed by atoms with Gasteiger partial charge in [-0.2, -0.15) is 0 Å². The number of benzene rings is 3. The molecule has 2 N–H and O–H groups in total.